The number of hydrogen-bond acceptors (Lipinski definition) is 4. The number of rotatable bonds is 5. The average molecular weight is 248 g/mol. The highest BCUT2D eigenvalue weighted by Gasteiger charge is 2.20. The normalized spacial score (nSPS) is 15.4. The van der Waals surface area contributed by atoms with Crippen LogP contribution in [0.2, 0.25) is 0 Å². The van der Waals surface area contributed by atoms with Gasteiger partial charge in [-0.15, -0.1) is 0 Å². The molecule has 0 radical (unpaired) electrons. The van der Waals surface area contributed by atoms with Crippen molar-refractivity contribution in [2.24, 2.45) is 16.8 Å². The number of aromatic nitrogens is 1. The maximum atomic E-state index is 11.7. The van der Waals surface area contributed by atoms with Crippen LogP contribution in [0, 0.1) is 5.92 Å². The minimum Gasteiger partial charge on any atom is -0.409 e. The molecule has 0 aliphatic heterocycles. The maximum Gasteiger partial charge on any atom is 0.269 e. The topological polar surface area (TPSA) is 101 Å². The van der Waals surface area contributed by atoms with Crippen LogP contribution in [0.5, 0.6) is 0 Å². The number of nitrogens with zero attached hydrogens (tertiary/aromatic N) is 2. The summed E-state index contributed by atoms with van der Waals surface area (Å²) in [6.07, 6.45) is 5.00. The zero-order valence-electron chi connectivity index (χ0n) is 9.97. The average Bonchev–Trinajstić information content (AvgIpc) is 3.22. The molecule has 1 saturated carbocycles. The number of nitrogens with one attached hydrogen (secondary N) is 1. The van der Waals surface area contributed by atoms with Crippen LogP contribution in [-0.2, 0) is 0 Å². The van der Waals surface area contributed by atoms with E-state index in [0.717, 1.165) is 12.3 Å². The molecule has 0 unspecified atom stereocenters. The fourth-order valence-corrected chi connectivity index (χ4v) is 1.62. The van der Waals surface area contributed by atoms with E-state index in [4.69, 9.17) is 10.9 Å². The van der Waals surface area contributed by atoms with Crippen molar-refractivity contribution in [1.82, 2.24) is 10.3 Å². The minimum absolute atomic E-state index is 0.0248. The van der Waals surface area contributed by atoms with E-state index < -0.39 is 0 Å². The van der Waals surface area contributed by atoms with Gasteiger partial charge in [-0.05, 0) is 24.5 Å². The molecule has 0 bridgehead atoms. The first-order chi connectivity index (χ1) is 8.70. The van der Waals surface area contributed by atoms with Crippen molar-refractivity contribution >= 4 is 11.7 Å². The summed E-state index contributed by atoms with van der Waals surface area (Å²) >= 11 is 0. The Morgan fingerprint density at radius 2 is 2.33 bits per heavy atom. The third-order valence-corrected chi connectivity index (χ3v) is 2.93. The molecule has 6 nitrogen and oxygen atoms in total. The SMILES string of the molecule is NC(=NO)c1ccc(C(=O)NCCC2CC2)nc1. The van der Waals surface area contributed by atoms with Gasteiger partial charge in [-0.3, -0.25) is 9.78 Å². The highest BCUT2D eigenvalue weighted by Crippen LogP contribution is 2.31. The zero-order chi connectivity index (χ0) is 13.0. The molecule has 1 aliphatic rings. The molecular weight excluding hydrogens is 232 g/mol. The number of pyridine rings is 1. The quantitative estimate of drug-likeness (QED) is 0.309. The molecule has 0 atom stereocenters. The van der Waals surface area contributed by atoms with Gasteiger partial charge < -0.3 is 16.3 Å². The smallest absolute Gasteiger partial charge is 0.269 e. The van der Waals surface area contributed by atoms with Gasteiger partial charge in [0.05, 0.1) is 0 Å². The Bertz CT molecular complexity index is 452. The van der Waals surface area contributed by atoms with Crippen LogP contribution in [0.3, 0.4) is 0 Å². The third kappa shape index (κ3) is 3.19. The fourth-order valence-electron chi connectivity index (χ4n) is 1.62. The molecule has 96 valence electrons. The van der Waals surface area contributed by atoms with Gasteiger partial charge in [-0.2, -0.15) is 0 Å². The predicted molar refractivity (Wildman–Crippen MR) is 66.4 cm³/mol. The Morgan fingerprint density at radius 1 is 1.56 bits per heavy atom. The molecule has 0 aromatic carbocycles. The summed E-state index contributed by atoms with van der Waals surface area (Å²) in [7, 11) is 0. The molecule has 1 aromatic rings. The van der Waals surface area contributed by atoms with Crippen molar-refractivity contribution in [3.63, 3.8) is 0 Å². The first-order valence-corrected chi connectivity index (χ1v) is 5.93. The summed E-state index contributed by atoms with van der Waals surface area (Å²) in [5, 5.41) is 14.2. The zero-order valence-corrected chi connectivity index (χ0v) is 9.97. The van der Waals surface area contributed by atoms with E-state index in [2.05, 4.69) is 15.5 Å². The summed E-state index contributed by atoms with van der Waals surface area (Å²) < 4.78 is 0. The second kappa shape index (κ2) is 5.48. The largest absolute Gasteiger partial charge is 0.409 e. The van der Waals surface area contributed by atoms with E-state index in [9.17, 15) is 4.79 Å². The van der Waals surface area contributed by atoms with Gasteiger partial charge in [-0.25, -0.2) is 0 Å². The first kappa shape index (κ1) is 12.3. The van der Waals surface area contributed by atoms with Crippen molar-refractivity contribution in [2.45, 2.75) is 19.3 Å². The van der Waals surface area contributed by atoms with Crippen molar-refractivity contribution < 1.29 is 10.0 Å². The Labute approximate surface area is 105 Å². The Morgan fingerprint density at radius 3 is 2.89 bits per heavy atom. The van der Waals surface area contributed by atoms with Gasteiger partial charge in [0, 0.05) is 18.3 Å². The van der Waals surface area contributed by atoms with Crippen molar-refractivity contribution in [2.75, 3.05) is 6.54 Å². The molecule has 1 aromatic heterocycles. The van der Waals surface area contributed by atoms with Gasteiger partial charge in [0.25, 0.3) is 5.91 Å². The van der Waals surface area contributed by atoms with Crippen LogP contribution in [0.25, 0.3) is 0 Å². The van der Waals surface area contributed by atoms with Gasteiger partial charge in [-0.1, -0.05) is 18.0 Å². The van der Waals surface area contributed by atoms with Gasteiger partial charge >= 0.3 is 0 Å². The molecule has 0 saturated heterocycles. The Hall–Kier alpha value is -2.11. The maximum absolute atomic E-state index is 11.7. The number of carbonyl (C=O) groups excluding carboxylic acids is 1. The van der Waals surface area contributed by atoms with Gasteiger partial charge in [0.15, 0.2) is 5.84 Å². The number of amidine groups is 1. The van der Waals surface area contributed by atoms with E-state index >= 15 is 0 Å². The molecule has 0 spiro atoms. The first-order valence-electron chi connectivity index (χ1n) is 5.93. The van der Waals surface area contributed by atoms with Gasteiger partial charge in [0.1, 0.15) is 5.69 Å². The number of amides is 1. The molecule has 4 N–H and O–H groups in total. The molecule has 1 aliphatic carbocycles. The summed E-state index contributed by atoms with van der Waals surface area (Å²) in [5.74, 6) is 0.575. The Balaban J connectivity index is 1.89. The second-order valence-corrected chi connectivity index (χ2v) is 4.41. The van der Waals surface area contributed by atoms with Crippen molar-refractivity contribution in [3.8, 4) is 0 Å². The lowest BCUT2D eigenvalue weighted by atomic mass is 10.2. The van der Waals surface area contributed by atoms with Crippen LogP contribution in [0.15, 0.2) is 23.5 Å². The highest BCUT2D eigenvalue weighted by molar-refractivity contribution is 5.98. The Kier molecular flexibility index (Phi) is 3.76. The summed E-state index contributed by atoms with van der Waals surface area (Å²) in [4.78, 5) is 15.7. The molecule has 2 rings (SSSR count). The van der Waals surface area contributed by atoms with Crippen LogP contribution in [0.4, 0.5) is 0 Å². The minimum atomic E-state index is -0.193. The molecule has 1 amide bonds. The number of carbonyl (C=O) groups is 1. The number of hydrogen-bond donors (Lipinski definition) is 3. The molecule has 1 fully saturated rings. The molecule has 18 heavy (non-hydrogen) atoms. The summed E-state index contributed by atoms with van der Waals surface area (Å²) in [6, 6.07) is 3.15. The van der Waals surface area contributed by atoms with E-state index in [1.54, 1.807) is 12.1 Å². The van der Waals surface area contributed by atoms with E-state index in [-0.39, 0.29) is 11.7 Å². The van der Waals surface area contributed by atoms with Crippen LogP contribution < -0.4 is 11.1 Å². The predicted octanol–water partition coefficient (Wildman–Crippen LogP) is 0.706. The summed E-state index contributed by atoms with van der Waals surface area (Å²) in [5.41, 5.74) is 6.21. The van der Waals surface area contributed by atoms with Crippen LogP contribution in [-0.4, -0.2) is 28.5 Å². The van der Waals surface area contributed by atoms with E-state index in [0.29, 0.717) is 17.8 Å². The second-order valence-electron chi connectivity index (χ2n) is 4.41. The summed E-state index contributed by atoms with van der Waals surface area (Å²) in [6.45, 7) is 0.688. The van der Waals surface area contributed by atoms with Crippen molar-refractivity contribution in [3.05, 3.63) is 29.6 Å². The highest BCUT2D eigenvalue weighted by atomic mass is 16.4. The van der Waals surface area contributed by atoms with Crippen molar-refractivity contribution in [1.29, 1.82) is 0 Å². The van der Waals surface area contributed by atoms with Gasteiger partial charge in [0.2, 0.25) is 0 Å². The number of oxime groups is 1. The molecular formula is C12H16N4O2. The van der Waals surface area contributed by atoms with E-state index in [1.165, 1.54) is 19.0 Å². The van der Waals surface area contributed by atoms with E-state index in [1.807, 2.05) is 0 Å². The standard InChI is InChI=1S/C12H16N4O2/c13-11(16-18)9-3-4-10(15-7-9)12(17)14-6-5-8-1-2-8/h3-4,7-8,18H,1-2,5-6H2,(H2,13,16)(H,14,17). The third-order valence-electron chi connectivity index (χ3n) is 2.93. The lowest BCUT2D eigenvalue weighted by Gasteiger charge is -2.04. The fraction of sp³-hybridized carbons (Fsp3) is 0.417. The number of nitrogens with two attached hydrogens (primary N) is 1. The monoisotopic (exact) mass is 248 g/mol. The lowest BCUT2D eigenvalue weighted by Crippen LogP contribution is -2.26. The molecule has 1 heterocycles. The van der Waals surface area contributed by atoms with Crippen LogP contribution in [0.1, 0.15) is 35.3 Å². The van der Waals surface area contributed by atoms with Crippen LogP contribution >= 0.6 is 0 Å². The lowest BCUT2D eigenvalue weighted by molar-refractivity contribution is 0.0947. The molecule has 6 heteroatoms.